The van der Waals surface area contributed by atoms with Gasteiger partial charge in [0.15, 0.2) is 0 Å². The van der Waals surface area contributed by atoms with Gasteiger partial charge in [-0.05, 0) is 37.6 Å². The fraction of sp³-hybridized carbons (Fsp3) is 0.263. The van der Waals surface area contributed by atoms with Crippen LogP contribution in [0.3, 0.4) is 0 Å². The molecule has 1 heterocycles. The molecule has 1 fully saturated rings. The summed E-state index contributed by atoms with van der Waals surface area (Å²) in [6.45, 7) is 5.77. The molecule has 2 aromatic rings. The molecule has 6 heteroatoms. The summed E-state index contributed by atoms with van der Waals surface area (Å²) in [4.78, 5) is -0.0666. The molecule has 3 rings (SSSR count). The van der Waals surface area contributed by atoms with Gasteiger partial charge in [-0.25, -0.2) is 4.39 Å². The Balaban J connectivity index is 0.000000186. The second-order valence-corrected chi connectivity index (χ2v) is 7.51. The molecule has 0 saturated carbocycles. The van der Waals surface area contributed by atoms with Gasteiger partial charge in [0.1, 0.15) is 5.82 Å². The van der Waals surface area contributed by atoms with Crippen LogP contribution in [0.5, 0.6) is 0 Å². The van der Waals surface area contributed by atoms with Gasteiger partial charge in [-0.1, -0.05) is 42.0 Å². The minimum Gasteiger partial charge on any atom is -0.315 e. The van der Waals surface area contributed by atoms with Crippen LogP contribution in [0.1, 0.15) is 16.7 Å². The summed E-state index contributed by atoms with van der Waals surface area (Å²) in [6, 6.07) is 11.3. The molecule has 0 unspecified atom stereocenters. The fourth-order valence-corrected chi connectivity index (χ4v) is 2.64. The van der Waals surface area contributed by atoms with E-state index < -0.39 is 10.1 Å². The average molecular weight is 363 g/mol. The van der Waals surface area contributed by atoms with Gasteiger partial charge in [0.2, 0.25) is 0 Å². The minimum absolute atomic E-state index is 0.0666. The van der Waals surface area contributed by atoms with Crippen molar-refractivity contribution in [3.05, 3.63) is 71.0 Å². The van der Waals surface area contributed by atoms with Gasteiger partial charge in [-0.3, -0.25) is 4.55 Å². The monoisotopic (exact) mass is 363 g/mol. The summed E-state index contributed by atoms with van der Waals surface area (Å²) < 4.78 is 42.9. The molecule has 0 radical (unpaired) electrons. The standard InChI is InChI=1S/C12H14FN.C7H8O3S/c1-9-2-4-11(12(13)6-9)5-3-10-7-14-8-10;1-6-2-4-7(5-3-6)11(8,9)10/h2-6,10,14H,7-8H2,1H3;2-5H,1H3,(H,8,9,10). The van der Waals surface area contributed by atoms with Crippen molar-refractivity contribution in [3.8, 4) is 0 Å². The van der Waals surface area contributed by atoms with Crippen LogP contribution in [0.25, 0.3) is 6.08 Å². The molecule has 0 spiro atoms. The van der Waals surface area contributed by atoms with Crippen molar-refractivity contribution in [2.75, 3.05) is 13.1 Å². The lowest BCUT2D eigenvalue weighted by molar-refractivity contribution is 0.420. The molecular formula is C19H22FNO3S. The third kappa shape index (κ3) is 6.08. The van der Waals surface area contributed by atoms with Gasteiger partial charge in [0.05, 0.1) is 4.90 Å². The van der Waals surface area contributed by atoms with Crippen LogP contribution in [-0.4, -0.2) is 26.1 Å². The van der Waals surface area contributed by atoms with Crippen molar-refractivity contribution >= 4 is 16.2 Å². The molecule has 0 aromatic heterocycles. The first kappa shape index (κ1) is 19.3. The lowest BCUT2D eigenvalue weighted by Gasteiger charge is -2.23. The predicted octanol–water partition coefficient (Wildman–Crippen LogP) is 3.61. The molecule has 0 bridgehead atoms. The quantitative estimate of drug-likeness (QED) is 0.818. The van der Waals surface area contributed by atoms with E-state index in [0.717, 1.165) is 24.2 Å². The summed E-state index contributed by atoms with van der Waals surface area (Å²) in [5.41, 5.74) is 2.60. The molecule has 0 amide bonds. The van der Waals surface area contributed by atoms with Crippen LogP contribution in [0, 0.1) is 25.6 Å². The van der Waals surface area contributed by atoms with Crippen molar-refractivity contribution in [1.82, 2.24) is 5.32 Å². The molecule has 2 N–H and O–H groups in total. The molecule has 4 nitrogen and oxygen atoms in total. The van der Waals surface area contributed by atoms with Gasteiger partial charge in [0, 0.05) is 24.6 Å². The zero-order valence-corrected chi connectivity index (χ0v) is 15.1. The van der Waals surface area contributed by atoms with Crippen molar-refractivity contribution in [1.29, 1.82) is 0 Å². The number of halogens is 1. The second-order valence-electron chi connectivity index (χ2n) is 6.09. The van der Waals surface area contributed by atoms with E-state index in [1.54, 1.807) is 18.2 Å². The number of benzene rings is 2. The summed E-state index contributed by atoms with van der Waals surface area (Å²) in [6.07, 6.45) is 3.95. The zero-order valence-electron chi connectivity index (χ0n) is 14.2. The third-order valence-electron chi connectivity index (χ3n) is 3.84. The Morgan fingerprint density at radius 3 is 2.16 bits per heavy atom. The summed E-state index contributed by atoms with van der Waals surface area (Å²) >= 11 is 0. The highest BCUT2D eigenvalue weighted by Gasteiger charge is 2.12. The number of rotatable bonds is 3. The summed E-state index contributed by atoms with van der Waals surface area (Å²) in [5, 5.41) is 3.18. The lowest BCUT2D eigenvalue weighted by Crippen LogP contribution is -2.40. The van der Waals surface area contributed by atoms with Crippen molar-refractivity contribution in [2.24, 2.45) is 5.92 Å². The van der Waals surface area contributed by atoms with Crippen LogP contribution in [0.15, 0.2) is 53.4 Å². The predicted molar refractivity (Wildman–Crippen MR) is 97.5 cm³/mol. The molecule has 25 heavy (non-hydrogen) atoms. The normalized spacial score (nSPS) is 14.7. The molecule has 2 aromatic carbocycles. The van der Waals surface area contributed by atoms with Crippen LogP contribution < -0.4 is 5.32 Å². The van der Waals surface area contributed by atoms with Crippen LogP contribution >= 0.6 is 0 Å². The number of hydrogen-bond donors (Lipinski definition) is 2. The molecule has 0 atom stereocenters. The van der Waals surface area contributed by atoms with E-state index in [-0.39, 0.29) is 10.7 Å². The molecule has 1 aliphatic rings. The first-order valence-electron chi connectivity index (χ1n) is 7.95. The molecule has 0 aliphatic carbocycles. The van der Waals surface area contributed by atoms with E-state index in [2.05, 4.69) is 11.4 Å². The Labute approximate surface area is 148 Å². The summed E-state index contributed by atoms with van der Waals surface area (Å²) in [7, 11) is -4.02. The Morgan fingerprint density at radius 1 is 1.08 bits per heavy atom. The van der Waals surface area contributed by atoms with Crippen LogP contribution in [-0.2, 0) is 10.1 Å². The van der Waals surface area contributed by atoms with Crippen LogP contribution in [0.2, 0.25) is 0 Å². The largest absolute Gasteiger partial charge is 0.315 e. The van der Waals surface area contributed by atoms with Gasteiger partial charge in [-0.2, -0.15) is 8.42 Å². The Bertz CT molecular complexity index is 841. The SMILES string of the molecule is Cc1ccc(C=CC2CNC2)c(F)c1.Cc1ccc(S(=O)(=O)O)cc1. The highest BCUT2D eigenvalue weighted by Crippen LogP contribution is 2.14. The van der Waals surface area contributed by atoms with Gasteiger partial charge in [-0.15, -0.1) is 0 Å². The van der Waals surface area contributed by atoms with E-state index in [9.17, 15) is 12.8 Å². The smallest absolute Gasteiger partial charge is 0.294 e. The van der Waals surface area contributed by atoms with Crippen LogP contribution in [0.4, 0.5) is 4.39 Å². The first-order chi connectivity index (χ1) is 11.8. The van der Waals surface area contributed by atoms with E-state index >= 15 is 0 Å². The first-order valence-corrected chi connectivity index (χ1v) is 9.39. The van der Waals surface area contributed by atoms with Gasteiger partial charge in [0.25, 0.3) is 10.1 Å². The summed E-state index contributed by atoms with van der Waals surface area (Å²) in [5.74, 6) is 0.448. The van der Waals surface area contributed by atoms with E-state index in [1.165, 1.54) is 12.1 Å². The van der Waals surface area contributed by atoms with Crippen molar-refractivity contribution < 1.29 is 17.4 Å². The number of hydrogen-bond acceptors (Lipinski definition) is 3. The Kier molecular flexibility index (Phi) is 6.47. The lowest BCUT2D eigenvalue weighted by atomic mass is 10.0. The third-order valence-corrected chi connectivity index (χ3v) is 4.70. The van der Waals surface area contributed by atoms with E-state index in [0.29, 0.717) is 11.5 Å². The van der Waals surface area contributed by atoms with Crippen molar-refractivity contribution in [3.63, 3.8) is 0 Å². The van der Waals surface area contributed by atoms with E-state index in [4.69, 9.17) is 4.55 Å². The van der Waals surface area contributed by atoms with E-state index in [1.807, 2.05) is 32.1 Å². The maximum Gasteiger partial charge on any atom is 0.294 e. The van der Waals surface area contributed by atoms with Gasteiger partial charge < -0.3 is 5.32 Å². The fourth-order valence-electron chi connectivity index (χ4n) is 2.16. The maximum absolute atomic E-state index is 13.4. The molecule has 1 saturated heterocycles. The number of nitrogens with one attached hydrogen (secondary N) is 1. The molecule has 134 valence electrons. The van der Waals surface area contributed by atoms with Gasteiger partial charge >= 0.3 is 0 Å². The maximum atomic E-state index is 13.4. The number of aryl methyl sites for hydroxylation is 2. The topological polar surface area (TPSA) is 66.4 Å². The Hall–Kier alpha value is -2.02. The molecular weight excluding hydrogens is 341 g/mol. The minimum atomic E-state index is -4.02. The highest BCUT2D eigenvalue weighted by molar-refractivity contribution is 7.85. The Morgan fingerprint density at radius 2 is 1.68 bits per heavy atom. The zero-order chi connectivity index (χ0) is 18.4. The highest BCUT2D eigenvalue weighted by atomic mass is 32.2. The molecule has 1 aliphatic heterocycles. The van der Waals surface area contributed by atoms with Crippen molar-refractivity contribution in [2.45, 2.75) is 18.7 Å². The average Bonchev–Trinajstić information content (AvgIpc) is 2.48. The second kappa shape index (κ2) is 8.38.